The zero-order valence-corrected chi connectivity index (χ0v) is 29.2. The molecule has 0 amide bonds. The standard InChI is InChI=1S/C15H22N2O2S2.C14H20N2S.CHCl3/c1-17-12-5-6-13(17)10-15(9-12)20-14-7-3-11(4-8-14)16-21(2,18)19;1-16-11-4-5-12(16)9-14(8-11)17-13-6-2-10(15)3-7-13;2-1(3)4/h3-4,7-8,12-13,15-16H,5-6,9-10H2,1-2H3;2-3,6-7,11-12,14H,4-5,8-9,15H2,1H3;1H/t12-,13+,15?;11-,12+,14?;. The third-order valence-electron chi connectivity index (χ3n) is 8.75. The Hall–Kier alpha value is -0.520. The minimum atomic E-state index is -3.19. The summed E-state index contributed by atoms with van der Waals surface area (Å²) in [7, 11) is 1.36. The number of nitrogens with two attached hydrogens (primary N) is 1. The Labute approximate surface area is 275 Å². The average Bonchev–Trinajstić information content (AvgIpc) is 3.23. The largest absolute Gasteiger partial charge is 0.399 e. The second-order valence-electron chi connectivity index (χ2n) is 11.7. The van der Waals surface area contributed by atoms with Crippen LogP contribution in [0.5, 0.6) is 0 Å². The number of anilines is 2. The van der Waals surface area contributed by atoms with Gasteiger partial charge in [-0.1, -0.05) is 34.8 Å². The predicted molar refractivity (Wildman–Crippen MR) is 184 cm³/mol. The number of benzene rings is 2. The highest BCUT2D eigenvalue weighted by molar-refractivity contribution is 8.00. The molecule has 6 nitrogen and oxygen atoms in total. The summed E-state index contributed by atoms with van der Waals surface area (Å²) in [5, 5.41) is 1.49. The van der Waals surface area contributed by atoms with E-state index in [-0.39, 0.29) is 0 Å². The van der Waals surface area contributed by atoms with E-state index in [9.17, 15) is 8.42 Å². The fraction of sp³-hybridized carbons (Fsp3) is 0.600. The van der Waals surface area contributed by atoms with E-state index in [1.54, 1.807) is 0 Å². The zero-order valence-electron chi connectivity index (χ0n) is 24.5. The fourth-order valence-corrected chi connectivity index (χ4v) is 9.86. The average molecular weight is 694 g/mol. The van der Waals surface area contributed by atoms with Crippen LogP contribution in [0.4, 0.5) is 11.4 Å². The molecular weight excluding hydrogens is 651 g/mol. The molecule has 0 radical (unpaired) electrons. The first-order valence-corrected chi connectivity index (χ1v) is 19.4. The Morgan fingerprint density at radius 2 is 1.07 bits per heavy atom. The van der Waals surface area contributed by atoms with Crippen molar-refractivity contribution in [3.8, 4) is 0 Å². The van der Waals surface area contributed by atoms with Crippen LogP contribution in [0.25, 0.3) is 0 Å². The lowest BCUT2D eigenvalue weighted by molar-refractivity contribution is 0.183. The van der Waals surface area contributed by atoms with E-state index in [1.807, 2.05) is 59.9 Å². The molecule has 6 atom stereocenters. The number of thioether (sulfide) groups is 2. The molecule has 0 aromatic heterocycles. The molecule has 3 N–H and O–H groups in total. The number of piperidine rings is 2. The second kappa shape index (κ2) is 15.7. The van der Waals surface area contributed by atoms with Crippen LogP contribution in [0, 0.1) is 0 Å². The Balaban J connectivity index is 0.000000174. The van der Waals surface area contributed by atoms with E-state index >= 15 is 0 Å². The van der Waals surface area contributed by atoms with Crippen LogP contribution in [-0.4, -0.2) is 77.5 Å². The van der Waals surface area contributed by atoms with Gasteiger partial charge >= 0.3 is 0 Å². The van der Waals surface area contributed by atoms with Crippen molar-refractivity contribution >= 4 is 79.7 Å². The maximum atomic E-state index is 11.2. The summed E-state index contributed by atoms with van der Waals surface area (Å²) in [6, 6.07) is 19.2. The number of hydrogen-bond acceptors (Lipinski definition) is 7. The van der Waals surface area contributed by atoms with Gasteiger partial charge in [-0.05, 0) is 114 Å². The highest BCUT2D eigenvalue weighted by Gasteiger charge is 2.39. The first-order valence-electron chi connectivity index (χ1n) is 14.5. The number of hydrogen-bond donors (Lipinski definition) is 2. The van der Waals surface area contributed by atoms with E-state index in [0.717, 1.165) is 35.1 Å². The molecule has 42 heavy (non-hydrogen) atoms. The van der Waals surface area contributed by atoms with E-state index < -0.39 is 14.3 Å². The first-order chi connectivity index (χ1) is 19.9. The Morgan fingerprint density at radius 1 is 0.738 bits per heavy atom. The zero-order chi connectivity index (χ0) is 30.4. The maximum Gasteiger partial charge on any atom is 0.229 e. The summed E-state index contributed by atoms with van der Waals surface area (Å²) in [5.41, 5.74) is 7.21. The third kappa shape index (κ3) is 10.5. The molecule has 0 aliphatic carbocycles. The van der Waals surface area contributed by atoms with Gasteiger partial charge in [-0.3, -0.25) is 4.72 Å². The molecule has 6 rings (SSSR count). The highest BCUT2D eigenvalue weighted by Crippen LogP contribution is 2.42. The Kier molecular flexibility index (Phi) is 12.8. The van der Waals surface area contributed by atoms with E-state index in [2.05, 4.69) is 40.7 Å². The summed E-state index contributed by atoms with van der Waals surface area (Å²) in [4.78, 5) is 7.74. The molecule has 4 fully saturated rings. The van der Waals surface area contributed by atoms with Crippen LogP contribution >= 0.6 is 58.3 Å². The van der Waals surface area contributed by atoms with Crippen LogP contribution in [0.1, 0.15) is 51.4 Å². The van der Waals surface area contributed by atoms with Gasteiger partial charge in [0.05, 0.1) is 6.26 Å². The molecule has 4 aliphatic heterocycles. The van der Waals surface area contributed by atoms with Crippen LogP contribution in [0.2, 0.25) is 0 Å². The molecule has 0 saturated carbocycles. The number of fused-ring (bicyclic) bond motifs is 4. The van der Waals surface area contributed by atoms with Gasteiger partial charge in [0.2, 0.25) is 10.0 Å². The van der Waals surface area contributed by atoms with Crippen LogP contribution < -0.4 is 10.5 Å². The first kappa shape index (κ1) is 34.4. The lowest BCUT2D eigenvalue weighted by Crippen LogP contribution is -2.40. The molecule has 2 unspecified atom stereocenters. The van der Waals surface area contributed by atoms with Gasteiger partial charge < -0.3 is 15.5 Å². The highest BCUT2D eigenvalue weighted by atomic mass is 35.6. The van der Waals surface area contributed by atoms with E-state index in [0.29, 0.717) is 10.9 Å². The van der Waals surface area contributed by atoms with Crippen molar-refractivity contribution in [2.24, 2.45) is 0 Å². The summed E-state index contributed by atoms with van der Waals surface area (Å²) in [6.07, 6.45) is 11.9. The van der Waals surface area contributed by atoms with Gasteiger partial charge in [-0.15, -0.1) is 23.5 Å². The molecule has 4 saturated heterocycles. The smallest absolute Gasteiger partial charge is 0.229 e. The minimum absolute atomic E-state index is 0.630. The summed E-state index contributed by atoms with van der Waals surface area (Å²) < 4.78 is 24.1. The number of rotatable bonds is 6. The van der Waals surface area contributed by atoms with Gasteiger partial charge in [-0.25, -0.2) is 8.42 Å². The molecule has 4 heterocycles. The number of nitrogens with zero attached hydrogens (tertiary/aromatic N) is 2. The molecular formula is C30H43Cl3N4O2S3. The van der Waals surface area contributed by atoms with Crippen molar-refractivity contribution in [1.29, 1.82) is 0 Å². The minimum Gasteiger partial charge on any atom is -0.399 e. The molecule has 4 aliphatic rings. The maximum absolute atomic E-state index is 11.2. The number of alkyl halides is 3. The van der Waals surface area contributed by atoms with Crippen molar-refractivity contribution in [3.63, 3.8) is 0 Å². The van der Waals surface area contributed by atoms with Gasteiger partial charge in [0.15, 0.2) is 4.30 Å². The van der Waals surface area contributed by atoms with Crippen molar-refractivity contribution in [2.45, 2.75) is 100 Å². The molecule has 12 heteroatoms. The van der Waals surface area contributed by atoms with Crippen molar-refractivity contribution < 1.29 is 8.42 Å². The molecule has 2 aromatic carbocycles. The van der Waals surface area contributed by atoms with Crippen molar-refractivity contribution in [3.05, 3.63) is 48.5 Å². The van der Waals surface area contributed by atoms with Crippen molar-refractivity contribution in [1.82, 2.24) is 9.80 Å². The van der Waals surface area contributed by atoms with Gasteiger partial charge in [0.1, 0.15) is 0 Å². The lowest BCUT2D eigenvalue weighted by Gasteiger charge is -2.36. The number of nitrogens with one attached hydrogen (secondary N) is 1. The number of nitrogen functional groups attached to an aromatic ring is 1. The Bertz CT molecular complexity index is 1210. The number of sulfonamides is 1. The normalized spacial score (nSPS) is 28.9. The fourth-order valence-electron chi connectivity index (χ4n) is 6.66. The summed E-state index contributed by atoms with van der Waals surface area (Å²) in [6.45, 7) is 0. The molecule has 4 bridgehead atoms. The quantitative estimate of drug-likeness (QED) is 0.237. The van der Waals surface area contributed by atoms with Gasteiger partial charge in [-0.2, -0.15) is 0 Å². The van der Waals surface area contributed by atoms with E-state index in [1.165, 1.54) is 67.4 Å². The number of halogens is 3. The van der Waals surface area contributed by atoms with Crippen LogP contribution in [0.3, 0.4) is 0 Å². The van der Waals surface area contributed by atoms with E-state index in [4.69, 9.17) is 40.5 Å². The topological polar surface area (TPSA) is 78.7 Å². The molecule has 0 spiro atoms. The third-order valence-corrected chi connectivity index (χ3v) is 11.9. The SMILES string of the molecule is CN1[C@@H]2CC[C@H]1CC(Sc1ccc(N)cc1)C2.CN1[C@@H]2CC[C@H]1CC(Sc1ccc(NS(C)(=O)=O)cc1)C2.ClC(Cl)Cl. The summed E-state index contributed by atoms with van der Waals surface area (Å²) in [5.74, 6) is 0. The predicted octanol–water partition coefficient (Wildman–Crippen LogP) is 7.75. The van der Waals surface area contributed by atoms with Crippen LogP contribution in [-0.2, 0) is 10.0 Å². The molecule has 234 valence electrons. The van der Waals surface area contributed by atoms with Crippen molar-refractivity contribution in [2.75, 3.05) is 30.8 Å². The monoisotopic (exact) mass is 692 g/mol. The summed E-state index contributed by atoms with van der Waals surface area (Å²) >= 11 is 18.4. The van der Waals surface area contributed by atoms with Crippen LogP contribution in [0.15, 0.2) is 58.3 Å². The lowest BCUT2D eigenvalue weighted by atomic mass is 10.0. The molecule has 2 aromatic rings. The van der Waals surface area contributed by atoms with Gasteiger partial charge in [0, 0.05) is 55.8 Å². The second-order valence-corrected chi connectivity index (χ2v) is 18.2. The Morgan fingerprint density at radius 3 is 1.40 bits per heavy atom. The van der Waals surface area contributed by atoms with Gasteiger partial charge in [0.25, 0.3) is 0 Å².